The van der Waals surface area contributed by atoms with Gasteiger partial charge in [0.1, 0.15) is 5.54 Å². The third-order valence-electron chi connectivity index (χ3n) is 2.52. The Kier molecular flexibility index (Phi) is 4.24. The van der Waals surface area contributed by atoms with Crippen LogP contribution in [0, 0.1) is 0 Å². The summed E-state index contributed by atoms with van der Waals surface area (Å²) < 4.78 is 11.3. The van der Waals surface area contributed by atoms with Crippen LogP contribution in [0.4, 0.5) is 0 Å². The van der Waals surface area contributed by atoms with Gasteiger partial charge in [0.05, 0.1) is 0 Å². The maximum Gasteiger partial charge on any atom is 0.324 e. The molecule has 0 aromatic heterocycles. The van der Waals surface area contributed by atoms with Gasteiger partial charge in [-0.2, -0.15) is 0 Å². The second kappa shape index (κ2) is 5.05. The number of carboxylic acids is 1. The standard InChI is InChI=1S/C9H18N2O3S/c1-9(10,8(12)13)7-11-3-2-5-15(14)6-4-11/h2-7,10H2,1H3,(H,12,13). The fraction of sp³-hybridized carbons (Fsp3) is 0.889. The Morgan fingerprint density at radius 1 is 1.53 bits per heavy atom. The average molecular weight is 234 g/mol. The van der Waals surface area contributed by atoms with Crippen molar-refractivity contribution in [3.8, 4) is 0 Å². The van der Waals surface area contributed by atoms with Crippen LogP contribution in [0.15, 0.2) is 0 Å². The van der Waals surface area contributed by atoms with Crippen molar-refractivity contribution in [2.24, 2.45) is 5.73 Å². The highest BCUT2D eigenvalue weighted by molar-refractivity contribution is 7.85. The van der Waals surface area contributed by atoms with Crippen LogP contribution in [0.1, 0.15) is 13.3 Å². The van der Waals surface area contributed by atoms with E-state index in [1.807, 2.05) is 4.90 Å². The highest BCUT2D eigenvalue weighted by atomic mass is 32.2. The maximum atomic E-state index is 11.3. The molecule has 1 aliphatic rings. The second-order valence-electron chi connectivity index (χ2n) is 4.20. The summed E-state index contributed by atoms with van der Waals surface area (Å²) in [5.41, 5.74) is 4.44. The Bertz CT molecular complexity index is 268. The Balaban J connectivity index is 2.51. The number of nitrogens with zero attached hydrogens (tertiary/aromatic N) is 1. The summed E-state index contributed by atoms with van der Waals surface area (Å²) in [4.78, 5) is 12.8. The fourth-order valence-electron chi connectivity index (χ4n) is 1.58. The van der Waals surface area contributed by atoms with Crippen LogP contribution in [0.5, 0.6) is 0 Å². The van der Waals surface area contributed by atoms with Gasteiger partial charge in [0.15, 0.2) is 0 Å². The van der Waals surface area contributed by atoms with Crippen molar-refractivity contribution in [1.82, 2.24) is 4.90 Å². The van der Waals surface area contributed by atoms with Crippen molar-refractivity contribution < 1.29 is 14.1 Å². The summed E-state index contributed by atoms with van der Waals surface area (Å²) >= 11 is 0. The van der Waals surface area contributed by atoms with Gasteiger partial charge in [0, 0.05) is 35.4 Å². The first-order valence-electron chi connectivity index (χ1n) is 5.01. The Hall–Kier alpha value is -0.460. The first-order chi connectivity index (χ1) is 6.92. The summed E-state index contributed by atoms with van der Waals surface area (Å²) in [6, 6.07) is 0. The van der Waals surface area contributed by atoms with E-state index in [0.717, 1.165) is 13.0 Å². The first kappa shape index (κ1) is 12.6. The minimum atomic E-state index is -1.22. The molecule has 0 amide bonds. The van der Waals surface area contributed by atoms with E-state index in [1.54, 1.807) is 0 Å². The molecule has 1 saturated heterocycles. The van der Waals surface area contributed by atoms with E-state index in [2.05, 4.69) is 0 Å². The van der Waals surface area contributed by atoms with Gasteiger partial charge >= 0.3 is 5.97 Å². The Morgan fingerprint density at radius 3 is 2.80 bits per heavy atom. The topological polar surface area (TPSA) is 83.6 Å². The molecule has 2 unspecified atom stereocenters. The predicted octanol–water partition coefficient (Wildman–Crippen LogP) is -0.757. The minimum Gasteiger partial charge on any atom is -0.480 e. The van der Waals surface area contributed by atoms with Gasteiger partial charge in [-0.25, -0.2) is 0 Å². The summed E-state index contributed by atoms with van der Waals surface area (Å²) in [5.74, 6) is 0.341. The molecule has 2 atom stereocenters. The first-order valence-corrected chi connectivity index (χ1v) is 6.50. The molecule has 3 N–H and O–H groups in total. The number of hydrogen-bond acceptors (Lipinski definition) is 4. The summed E-state index contributed by atoms with van der Waals surface area (Å²) in [7, 11) is -0.747. The fourth-order valence-corrected chi connectivity index (χ4v) is 2.70. The molecule has 1 heterocycles. The summed E-state index contributed by atoms with van der Waals surface area (Å²) in [5, 5.41) is 8.88. The molecule has 15 heavy (non-hydrogen) atoms. The van der Waals surface area contributed by atoms with Crippen LogP contribution in [0.25, 0.3) is 0 Å². The summed E-state index contributed by atoms with van der Waals surface area (Å²) in [6.45, 7) is 3.29. The van der Waals surface area contributed by atoms with Crippen molar-refractivity contribution in [1.29, 1.82) is 0 Å². The molecular weight excluding hydrogens is 216 g/mol. The van der Waals surface area contributed by atoms with Gasteiger partial charge in [-0.05, 0) is 19.9 Å². The number of rotatable bonds is 3. The van der Waals surface area contributed by atoms with Gasteiger partial charge < -0.3 is 10.8 Å². The molecule has 1 fully saturated rings. The third kappa shape index (κ3) is 3.89. The number of carbonyl (C=O) groups is 1. The van der Waals surface area contributed by atoms with Crippen LogP contribution in [-0.2, 0) is 15.6 Å². The molecule has 0 aliphatic carbocycles. The maximum absolute atomic E-state index is 11.3. The lowest BCUT2D eigenvalue weighted by Crippen LogP contribution is -2.54. The Labute approximate surface area is 92.1 Å². The van der Waals surface area contributed by atoms with E-state index in [9.17, 15) is 9.00 Å². The van der Waals surface area contributed by atoms with Gasteiger partial charge in [-0.3, -0.25) is 13.9 Å². The van der Waals surface area contributed by atoms with Gasteiger partial charge in [-0.1, -0.05) is 0 Å². The van der Waals surface area contributed by atoms with E-state index >= 15 is 0 Å². The molecule has 88 valence electrons. The second-order valence-corrected chi connectivity index (χ2v) is 5.90. The highest BCUT2D eigenvalue weighted by Crippen LogP contribution is 2.07. The van der Waals surface area contributed by atoms with Crippen molar-refractivity contribution in [3.63, 3.8) is 0 Å². The zero-order chi connectivity index (χ0) is 11.5. The van der Waals surface area contributed by atoms with Crippen molar-refractivity contribution in [2.45, 2.75) is 18.9 Å². The average Bonchev–Trinajstić information content (AvgIpc) is 2.30. The van der Waals surface area contributed by atoms with E-state index in [0.29, 0.717) is 24.6 Å². The molecule has 0 bridgehead atoms. The molecule has 0 aromatic rings. The number of nitrogens with two attached hydrogens (primary N) is 1. The largest absolute Gasteiger partial charge is 0.480 e. The Morgan fingerprint density at radius 2 is 2.20 bits per heavy atom. The quantitative estimate of drug-likeness (QED) is 0.671. The third-order valence-corrected chi connectivity index (χ3v) is 3.90. The van der Waals surface area contributed by atoms with Crippen LogP contribution < -0.4 is 5.73 Å². The van der Waals surface area contributed by atoms with Crippen LogP contribution >= 0.6 is 0 Å². The van der Waals surface area contributed by atoms with E-state index < -0.39 is 22.3 Å². The minimum absolute atomic E-state index is 0.319. The van der Waals surface area contributed by atoms with E-state index in [4.69, 9.17) is 10.8 Å². The lowest BCUT2D eigenvalue weighted by Gasteiger charge is -2.28. The SMILES string of the molecule is CC(N)(CN1CCCS(=O)CC1)C(=O)O. The number of aliphatic carboxylic acids is 1. The zero-order valence-electron chi connectivity index (χ0n) is 8.94. The van der Waals surface area contributed by atoms with E-state index in [1.165, 1.54) is 6.92 Å². The molecule has 0 aromatic carbocycles. The summed E-state index contributed by atoms with van der Waals surface area (Å²) in [6.07, 6.45) is 0.850. The van der Waals surface area contributed by atoms with Crippen molar-refractivity contribution >= 4 is 16.8 Å². The lowest BCUT2D eigenvalue weighted by molar-refractivity contribution is -0.143. The molecular formula is C9H18N2O3S. The molecule has 1 aliphatic heterocycles. The van der Waals surface area contributed by atoms with Crippen LogP contribution in [-0.4, -0.2) is 56.9 Å². The number of hydrogen-bond donors (Lipinski definition) is 2. The van der Waals surface area contributed by atoms with Gasteiger partial charge in [-0.15, -0.1) is 0 Å². The van der Waals surface area contributed by atoms with Gasteiger partial charge in [0.2, 0.25) is 0 Å². The lowest BCUT2D eigenvalue weighted by atomic mass is 10.0. The molecule has 0 radical (unpaired) electrons. The molecule has 1 rings (SSSR count). The molecule has 6 heteroatoms. The monoisotopic (exact) mass is 234 g/mol. The molecule has 0 spiro atoms. The normalized spacial score (nSPS) is 28.0. The van der Waals surface area contributed by atoms with Gasteiger partial charge in [0.25, 0.3) is 0 Å². The zero-order valence-corrected chi connectivity index (χ0v) is 9.76. The van der Waals surface area contributed by atoms with E-state index in [-0.39, 0.29) is 0 Å². The molecule has 5 nitrogen and oxygen atoms in total. The molecule has 0 saturated carbocycles. The van der Waals surface area contributed by atoms with Crippen LogP contribution in [0.2, 0.25) is 0 Å². The van der Waals surface area contributed by atoms with Crippen molar-refractivity contribution in [2.75, 3.05) is 31.1 Å². The smallest absolute Gasteiger partial charge is 0.324 e. The predicted molar refractivity (Wildman–Crippen MR) is 59.2 cm³/mol. The van der Waals surface area contributed by atoms with Crippen molar-refractivity contribution in [3.05, 3.63) is 0 Å². The number of carboxylic acid groups (broad SMARTS) is 1. The van der Waals surface area contributed by atoms with Crippen LogP contribution in [0.3, 0.4) is 0 Å². The highest BCUT2D eigenvalue weighted by Gasteiger charge is 2.30.